The van der Waals surface area contributed by atoms with E-state index in [1.165, 1.54) is 0 Å². The minimum absolute atomic E-state index is 0.0115. The van der Waals surface area contributed by atoms with Crippen molar-refractivity contribution in [3.8, 4) is 0 Å². The van der Waals surface area contributed by atoms with Crippen molar-refractivity contribution in [1.82, 2.24) is 4.90 Å². The maximum absolute atomic E-state index is 12.3. The van der Waals surface area contributed by atoms with Crippen LogP contribution in [0.25, 0.3) is 0 Å². The first-order valence-electron chi connectivity index (χ1n) is 9.09. The van der Waals surface area contributed by atoms with Gasteiger partial charge in [-0.15, -0.1) is 0 Å². The summed E-state index contributed by atoms with van der Waals surface area (Å²) in [6.07, 6.45) is 1.31. The van der Waals surface area contributed by atoms with Crippen molar-refractivity contribution < 1.29 is 23.9 Å². The van der Waals surface area contributed by atoms with Crippen LogP contribution < -0.4 is 4.90 Å². The number of hydrogen-bond acceptors (Lipinski definition) is 5. The molecule has 0 aromatic heterocycles. The van der Waals surface area contributed by atoms with Crippen molar-refractivity contribution >= 4 is 29.4 Å². The third-order valence-electron chi connectivity index (χ3n) is 4.89. The maximum atomic E-state index is 12.3. The second kappa shape index (κ2) is 7.26. The lowest BCUT2D eigenvalue weighted by atomic mass is 10.1. The monoisotopic (exact) mass is 378 g/mol. The Bertz CT molecular complexity index is 949. The van der Waals surface area contributed by atoms with Crippen LogP contribution in [0.5, 0.6) is 0 Å². The Kier molecular flexibility index (Phi) is 4.65. The fourth-order valence-corrected chi connectivity index (χ4v) is 3.48. The molecule has 2 aromatic carbocycles. The second-order valence-electron chi connectivity index (χ2n) is 6.64. The zero-order chi connectivity index (χ0) is 19.7. The van der Waals surface area contributed by atoms with Crippen LogP contribution in [0.3, 0.4) is 0 Å². The molecule has 28 heavy (non-hydrogen) atoms. The van der Waals surface area contributed by atoms with Crippen molar-refractivity contribution in [3.05, 3.63) is 65.2 Å². The summed E-state index contributed by atoms with van der Waals surface area (Å²) in [5.74, 6) is -1.29. The Morgan fingerprint density at radius 1 is 0.964 bits per heavy atom. The van der Waals surface area contributed by atoms with Crippen molar-refractivity contribution in [1.29, 1.82) is 0 Å². The molecule has 4 rings (SSSR count). The molecule has 2 aliphatic rings. The molecule has 3 amide bonds. The van der Waals surface area contributed by atoms with Gasteiger partial charge < -0.3 is 9.64 Å². The molecule has 7 nitrogen and oxygen atoms in total. The number of ether oxygens (including phenoxy) is 1. The largest absolute Gasteiger partial charge is 0.460 e. The fraction of sp³-hybridized carbons (Fsp3) is 0.238. The van der Waals surface area contributed by atoms with Crippen LogP contribution >= 0.6 is 0 Å². The van der Waals surface area contributed by atoms with Crippen molar-refractivity contribution in [2.75, 3.05) is 24.6 Å². The van der Waals surface area contributed by atoms with Crippen LogP contribution in [0, 0.1) is 0 Å². The number of hydrogen-bond donors (Lipinski definition) is 0. The number of benzene rings is 2. The summed E-state index contributed by atoms with van der Waals surface area (Å²) in [6, 6.07) is 13.3. The summed E-state index contributed by atoms with van der Waals surface area (Å²) >= 11 is 0. The van der Waals surface area contributed by atoms with E-state index in [9.17, 15) is 19.2 Å². The number of fused-ring (bicyclic) bond motifs is 1. The summed E-state index contributed by atoms with van der Waals surface area (Å²) in [4.78, 5) is 51.5. The molecule has 1 fully saturated rings. The van der Waals surface area contributed by atoms with Crippen molar-refractivity contribution in [2.24, 2.45) is 0 Å². The highest BCUT2D eigenvalue weighted by Crippen LogP contribution is 2.23. The molecular formula is C21H18N2O5. The van der Waals surface area contributed by atoms with Gasteiger partial charge in [0.15, 0.2) is 0 Å². The van der Waals surface area contributed by atoms with Crippen molar-refractivity contribution in [2.45, 2.75) is 12.8 Å². The standard InChI is InChI=1S/C21H18N2O5/c24-18-9-4-10-22(18)15-6-3-5-14(13-15)21(27)28-12-11-23-19(25)16-7-1-2-8-17(16)20(23)26/h1-3,5-8,13H,4,9-12H2. The van der Waals surface area contributed by atoms with Gasteiger partial charge in [-0.3, -0.25) is 19.3 Å². The molecule has 0 N–H and O–H groups in total. The Morgan fingerprint density at radius 3 is 2.32 bits per heavy atom. The van der Waals surface area contributed by atoms with E-state index in [0.29, 0.717) is 35.3 Å². The van der Waals surface area contributed by atoms with E-state index in [0.717, 1.165) is 11.3 Å². The molecule has 0 saturated carbocycles. The van der Waals surface area contributed by atoms with Gasteiger partial charge in [-0.25, -0.2) is 4.79 Å². The third-order valence-corrected chi connectivity index (χ3v) is 4.89. The van der Waals surface area contributed by atoms with Crippen molar-refractivity contribution in [3.63, 3.8) is 0 Å². The van der Waals surface area contributed by atoms with E-state index in [-0.39, 0.29) is 30.9 Å². The number of esters is 1. The van der Waals surface area contributed by atoms with Crippen LogP contribution in [0.2, 0.25) is 0 Å². The first-order chi connectivity index (χ1) is 13.6. The number of carbonyl (C=O) groups is 4. The van der Waals surface area contributed by atoms with E-state index in [1.54, 1.807) is 53.4 Å². The predicted molar refractivity (Wildman–Crippen MR) is 100 cm³/mol. The number of anilines is 1. The lowest BCUT2D eigenvalue weighted by molar-refractivity contribution is -0.117. The molecule has 0 bridgehead atoms. The minimum Gasteiger partial charge on any atom is -0.460 e. The molecule has 2 aromatic rings. The second-order valence-corrected chi connectivity index (χ2v) is 6.64. The molecule has 2 aliphatic heterocycles. The van der Waals surface area contributed by atoms with Crippen LogP contribution in [-0.2, 0) is 9.53 Å². The average Bonchev–Trinajstić information content (AvgIpc) is 3.25. The van der Waals surface area contributed by atoms with Crippen LogP contribution in [0.4, 0.5) is 5.69 Å². The van der Waals surface area contributed by atoms with E-state index in [2.05, 4.69) is 0 Å². The van der Waals surface area contributed by atoms with E-state index in [4.69, 9.17) is 4.74 Å². The number of carbonyl (C=O) groups excluding carboxylic acids is 4. The zero-order valence-electron chi connectivity index (χ0n) is 15.1. The summed E-state index contributed by atoms with van der Waals surface area (Å²) < 4.78 is 5.24. The van der Waals surface area contributed by atoms with Gasteiger partial charge in [0.05, 0.1) is 23.2 Å². The molecule has 0 unspecified atom stereocenters. The van der Waals surface area contributed by atoms with Crippen LogP contribution in [-0.4, -0.2) is 48.3 Å². The molecule has 0 aliphatic carbocycles. The van der Waals surface area contributed by atoms with Crippen LogP contribution in [0.15, 0.2) is 48.5 Å². The van der Waals surface area contributed by atoms with Gasteiger partial charge in [-0.05, 0) is 36.8 Å². The minimum atomic E-state index is -0.565. The molecule has 1 saturated heterocycles. The van der Waals surface area contributed by atoms with Gasteiger partial charge in [0, 0.05) is 18.7 Å². The average molecular weight is 378 g/mol. The molecule has 7 heteroatoms. The molecule has 142 valence electrons. The van der Waals surface area contributed by atoms with E-state index >= 15 is 0 Å². The Hall–Kier alpha value is -3.48. The summed E-state index contributed by atoms with van der Waals surface area (Å²) in [6.45, 7) is 0.524. The molecular weight excluding hydrogens is 360 g/mol. The highest BCUT2D eigenvalue weighted by molar-refractivity contribution is 6.21. The molecule has 0 atom stereocenters. The molecule has 0 spiro atoms. The maximum Gasteiger partial charge on any atom is 0.338 e. The first-order valence-corrected chi connectivity index (χ1v) is 9.09. The summed E-state index contributed by atoms with van der Waals surface area (Å²) in [5, 5.41) is 0. The fourth-order valence-electron chi connectivity index (χ4n) is 3.48. The van der Waals surface area contributed by atoms with Gasteiger partial charge in [-0.2, -0.15) is 0 Å². The van der Waals surface area contributed by atoms with E-state index in [1.807, 2.05) is 0 Å². The van der Waals surface area contributed by atoms with Crippen LogP contribution in [0.1, 0.15) is 43.9 Å². The number of imide groups is 1. The molecule has 2 heterocycles. The SMILES string of the molecule is O=C(OCCN1C(=O)c2ccccc2C1=O)c1cccc(N2CCCC2=O)c1. The van der Waals surface area contributed by atoms with Gasteiger partial charge in [0.1, 0.15) is 6.61 Å². The Balaban J connectivity index is 1.37. The van der Waals surface area contributed by atoms with Gasteiger partial charge in [0.25, 0.3) is 11.8 Å². The lowest BCUT2D eigenvalue weighted by Crippen LogP contribution is -2.33. The smallest absolute Gasteiger partial charge is 0.338 e. The predicted octanol–water partition coefficient (Wildman–Crippen LogP) is 2.27. The topological polar surface area (TPSA) is 84.0 Å². The third kappa shape index (κ3) is 3.15. The van der Waals surface area contributed by atoms with Gasteiger partial charge >= 0.3 is 5.97 Å². The highest BCUT2D eigenvalue weighted by Gasteiger charge is 2.34. The zero-order valence-corrected chi connectivity index (χ0v) is 15.1. The summed E-state index contributed by atoms with van der Waals surface area (Å²) in [7, 11) is 0. The lowest BCUT2D eigenvalue weighted by Gasteiger charge is -2.17. The quantitative estimate of drug-likeness (QED) is 0.589. The first kappa shape index (κ1) is 17.9. The van der Waals surface area contributed by atoms with Gasteiger partial charge in [-0.1, -0.05) is 18.2 Å². The molecule has 0 radical (unpaired) electrons. The highest BCUT2D eigenvalue weighted by atomic mass is 16.5. The Labute approximate surface area is 161 Å². The van der Waals surface area contributed by atoms with Gasteiger partial charge in [0.2, 0.25) is 5.91 Å². The summed E-state index contributed by atoms with van der Waals surface area (Å²) in [5.41, 5.74) is 1.71. The number of amides is 3. The number of rotatable bonds is 5. The normalized spacial score (nSPS) is 15.9. The van der Waals surface area contributed by atoms with E-state index < -0.39 is 5.97 Å². The number of nitrogens with zero attached hydrogens (tertiary/aromatic N) is 2. The Morgan fingerprint density at radius 2 is 1.68 bits per heavy atom.